The van der Waals surface area contributed by atoms with Gasteiger partial charge in [0, 0.05) is 5.69 Å². The van der Waals surface area contributed by atoms with Crippen LogP contribution >= 0.6 is 0 Å². The average Bonchev–Trinajstić information content (AvgIpc) is 2.25. The molecule has 0 bridgehead atoms. The molecule has 4 heteroatoms. The molecular weight excluding hydrogens is 202 g/mol. The highest BCUT2D eigenvalue weighted by Crippen LogP contribution is 2.29. The van der Waals surface area contributed by atoms with Gasteiger partial charge in [0.1, 0.15) is 5.75 Å². The van der Waals surface area contributed by atoms with E-state index in [4.69, 9.17) is 11.5 Å². The van der Waals surface area contributed by atoms with Gasteiger partial charge in [-0.25, -0.2) is 0 Å². The first-order valence-corrected chi connectivity index (χ1v) is 4.87. The number of anilines is 4. The number of benzene rings is 2. The van der Waals surface area contributed by atoms with Crippen molar-refractivity contribution in [3.8, 4) is 5.75 Å². The molecule has 82 valence electrons. The summed E-state index contributed by atoms with van der Waals surface area (Å²) in [6.45, 7) is 0. The Kier molecular flexibility index (Phi) is 2.55. The molecule has 2 aromatic carbocycles. The van der Waals surface area contributed by atoms with Crippen LogP contribution in [0.25, 0.3) is 0 Å². The third-order valence-electron chi connectivity index (χ3n) is 2.25. The van der Waals surface area contributed by atoms with E-state index in [2.05, 4.69) is 5.32 Å². The van der Waals surface area contributed by atoms with E-state index in [1.807, 2.05) is 6.07 Å². The van der Waals surface area contributed by atoms with E-state index in [1.165, 1.54) is 0 Å². The summed E-state index contributed by atoms with van der Waals surface area (Å²) in [5.74, 6) is 0.179. The molecule has 0 unspecified atom stereocenters. The maximum Gasteiger partial charge on any atom is 0.139 e. The molecule has 0 amide bonds. The third kappa shape index (κ3) is 2.00. The van der Waals surface area contributed by atoms with E-state index in [0.717, 1.165) is 5.69 Å². The van der Waals surface area contributed by atoms with Crippen molar-refractivity contribution in [2.75, 3.05) is 16.8 Å². The van der Waals surface area contributed by atoms with Gasteiger partial charge in [0.15, 0.2) is 0 Å². The first-order chi connectivity index (χ1) is 7.66. The predicted octanol–water partition coefficient (Wildman–Crippen LogP) is 2.30. The van der Waals surface area contributed by atoms with Gasteiger partial charge < -0.3 is 21.9 Å². The van der Waals surface area contributed by atoms with E-state index in [1.54, 1.807) is 36.4 Å². The molecule has 0 saturated carbocycles. The van der Waals surface area contributed by atoms with Gasteiger partial charge in [0.05, 0.1) is 17.1 Å². The van der Waals surface area contributed by atoms with Gasteiger partial charge in [-0.1, -0.05) is 12.1 Å². The van der Waals surface area contributed by atoms with Gasteiger partial charge in [-0.05, 0) is 30.3 Å². The van der Waals surface area contributed by atoms with Crippen LogP contribution in [0.1, 0.15) is 0 Å². The number of nitrogens with one attached hydrogen (secondary N) is 1. The van der Waals surface area contributed by atoms with Crippen LogP contribution in [0.5, 0.6) is 5.75 Å². The first kappa shape index (κ1) is 10.2. The standard InChI is InChI=1S/C12H13N3O/c13-8-5-6-10(9(14)7-8)15-11-3-1-2-4-12(11)16/h1-7,15-16H,13-14H2. The molecule has 4 nitrogen and oxygen atoms in total. The van der Waals surface area contributed by atoms with Gasteiger partial charge >= 0.3 is 0 Å². The van der Waals surface area contributed by atoms with E-state index in [9.17, 15) is 5.11 Å². The summed E-state index contributed by atoms with van der Waals surface area (Å²) in [7, 11) is 0. The summed E-state index contributed by atoms with van der Waals surface area (Å²) in [6, 6.07) is 12.2. The van der Waals surface area contributed by atoms with Crippen molar-refractivity contribution in [1.82, 2.24) is 0 Å². The normalized spacial score (nSPS) is 10.0. The molecule has 0 aliphatic carbocycles. The summed E-state index contributed by atoms with van der Waals surface area (Å²) >= 11 is 0. The second kappa shape index (κ2) is 4.02. The fourth-order valence-corrected chi connectivity index (χ4v) is 1.42. The highest BCUT2D eigenvalue weighted by Gasteiger charge is 2.03. The van der Waals surface area contributed by atoms with E-state index in [0.29, 0.717) is 17.1 Å². The molecule has 16 heavy (non-hydrogen) atoms. The van der Waals surface area contributed by atoms with Crippen LogP contribution in [0.2, 0.25) is 0 Å². The number of para-hydroxylation sites is 2. The Morgan fingerprint density at radius 2 is 1.69 bits per heavy atom. The Morgan fingerprint density at radius 1 is 0.938 bits per heavy atom. The Labute approximate surface area is 93.5 Å². The van der Waals surface area contributed by atoms with Crippen LogP contribution in [0.3, 0.4) is 0 Å². The molecule has 0 fully saturated rings. The Balaban J connectivity index is 2.31. The molecule has 0 aromatic heterocycles. The lowest BCUT2D eigenvalue weighted by molar-refractivity contribution is 0.478. The zero-order chi connectivity index (χ0) is 11.5. The lowest BCUT2D eigenvalue weighted by Gasteiger charge is -2.10. The number of nitrogen functional groups attached to an aromatic ring is 2. The lowest BCUT2D eigenvalue weighted by Crippen LogP contribution is -1.97. The molecule has 0 saturated heterocycles. The minimum Gasteiger partial charge on any atom is -0.506 e. The maximum atomic E-state index is 9.59. The Morgan fingerprint density at radius 3 is 2.38 bits per heavy atom. The highest BCUT2D eigenvalue weighted by atomic mass is 16.3. The van der Waals surface area contributed by atoms with Gasteiger partial charge in [-0.3, -0.25) is 0 Å². The van der Waals surface area contributed by atoms with Crippen LogP contribution in [0.4, 0.5) is 22.7 Å². The predicted molar refractivity (Wildman–Crippen MR) is 66.7 cm³/mol. The summed E-state index contributed by atoms with van der Waals surface area (Å²) < 4.78 is 0. The van der Waals surface area contributed by atoms with E-state index >= 15 is 0 Å². The molecule has 0 aliphatic heterocycles. The lowest BCUT2D eigenvalue weighted by atomic mass is 10.2. The number of hydrogen-bond donors (Lipinski definition) is 4. The number of phenolic OH excluding ortho intramolecular Hbond substituents is 1. The van der Waals surface area contributed by atoms with Gasteiger partial charge in [-0.15, -0.1) is 0 Å². The fourth-order valence-electron chi connectivity index (χ4n) is 1.42. The van der Waals surface area contributed by atoms with Crippen LogP contribution in [0.15, 0.2) is 42.5 Å². The van der Waals surface area contributed by atoms with Gasteiger partial charge in [0.25, 0.3) is 0 Å². The summed E-state index contributed by atoms with van der Waals surface area (Å²) in [4.78, 5) is 0. The van der Waals surface area contributed by atoms with Crippen molar-refractivity contribution in [1.29, 1.82) is 0 Å². The van der Waals surface area contributed by atoms with Crippen molar-refractivity contribution in [2.45, 2.75) is 0 Å². The van der Waals surface area contributed by atoms with Crippen molar-refractivity contribution in [3.05, 3.63) is 42.5 Å². The second-order valence-corrected chi connectivity index (χ2v) is 3.49. The number of hydrogen-bond acceptors (Lipinski definition) is 4. The highest BCUT2D eigenvalue weighted by molar-refractivity contribution is 5.77. The average molecular weight is 215 g/mol. The van der Waals surface area contributed by atoms with Crippen LogP contribution < -0.4 is 16.8 Å². The number of rotatable bonds is 2. The minimum absolute atomic E-state index is 0.179. The Bertz CT molecular complexity index is 511. The van der Waals surface area contributed by atoms with Crippen molar-refractivity contribution in [2.24, 2.45) is 0 Å². The van der Waals surface area contributed by atoms with Gasteiger partial charge in [-0.2, -0.15) is 0 Å². The molecule has 0 heterocycles. The minimum atomic E-state index is 0.179. The van der Waals surface area contributed by atoms with E-state index < -0.39 is 0 Å². The van der Waals surface area contributed by atoms with Crippen molar-refractivity contribution >= 4 is 22.7 Å². The SMILES string of the molecule is Nc1ccc(Nc2ccccc2O)c(N)c1. The van der Waals surface area contributed by atoms with Crippen LogP contribution in [0, 0.1) is 0 Å². The Hall–Kier alpha value is -2.36. The zero-order valence-electron chi connectivity index (χ0n) is 8.64. The zero-order valence-corrected chi connectivity index (χ0v) is 8.64. The summed E-state index contributed by atoms with van der Waals surface area (Å²) in [5.41, 5.74) is 13.9. The molecule has 0 aliphatic rings. The molecular formula is C12H13N3O. The molecule has 0 spiro atoms. The first-order valence-electron chi connectivity index (χ1n) is 4.87. The van der Waals surface area contributed by atoms with Crippen molar-refractivity contribution in [3.63, 3.8) is 0 Å². The van der Waals surface area contributed by atoms with E-state index in [-0.39, 0.29) is 5.75 Å². The smallest absolute Gasteiger partial charge is 0.139 e. The van der Waals surface area contributed by atoms with Crippen LogP contribution in [-0.2, 0) is 0 Å². The summed E-state index contributed by atoms with van der Waals surface area (Å²) in [5, 5.41) is 12.6. The quantitative estimate of drug-likeness (QED) is 0.457. The molecule has 0 radical (unpaired) electrons. The molecule has 2 aromatic rings. The van der Waals surface area contributed by atoms with Gasteiger partial charge in [0.2, 0.25) is 0 Å². The third-order valence-corrected chi connectivity index (χ3v) is 2.25. The topological polar surface area (TPSA) is 84.3 Å². The monoisotopic (exact) mass is 215 g/mol. The van der Waals surface area contributed by atoms with Crippen molar-refractivity contribution < 1.29 is 5.11 Å². The number of aromatic hydroxyl groups is 1. The maximum absolute atomic E-state index is 9.59. The second-order valence-electron chi connectivity index (χ2n) is 3.49. The molecule has 6 N–H and O–H groups in total. The number of nitrogens with two attached hydrogens (primary N) is 2. The fraction of sp³-hybridized carbons (Fsp3) is 0. The largest absolute Gasteiger partial charge is 0.506 e. The van der Waals surface area contributed by atoms with Crippen LogP contribution in [-0.4, -0.2) is 5.11 Å². The summed E-state index contributed by atoms with van der Waals surface area (Å²) in [6.07, 6.45) is 0. The molecule has 2 rings (SSSR count). The number of phenols is 1. The molecule has 0 atom stereocenters.